The van der Waals surface area contributed by atoms with E-state index in [9.17, 15) is 5.11 Å². The van der Waals surface area contributed by atoms with Crippen LogP contribution in [0.3, 0.4) is 0 Å². The fraction of sp³-hybridized carbons (Fsp3) is 0.522. The van der Waals surface area contributed by atoms with Gasteiger partial charge in [0, 0.05) is 47.7 Å². The van der Waals surface area contributed by atoms with Gasteiger partial charge in [0.25, 0.3) is 0 Å². The number of nitrogens with zero attached hydrogens (tertiary/aromatic N) is 4. The predicted octanol–water partition coefficient (Wildman–Crippen LogP) is 3.39. The maximum absolute atomic E-state index is 10.3. The first-order chi connectivity index (χ1) is 15.5. The van der Waals surface area contributed by atoms with Gasteiger partial charge in [-0.15, -0.1) is 0 Å². The van der Waals surface area contributed by atoms with Gasteiger partial charge in [0.05, 0.1) is 6.10 Å². The lowest BCUT2D eigenvalue weighted by Gasteiger charge is -2.39. The first-order valence-electron chi connectivity index (χ1n) is 11.4. The Balaban J connectivity index is 1.53. The molecule has 2 bridgehead atoms. The van der Waals surface area contributed by atoms with Crippen LogP contribution >= 0.6 is 11.8 Å². The van der Waals surface area contributed by atoms with Crippen molar-refractivity contribution in [3.8, 4) is 0 Å². The molecule has 170 valence electrons. The Morgan fingerprint density at radius 1 is 1.16 bits per heavy atom. The average Bonchev–Trinajstić information content (AvgIpc) is 3.30. The van der Waals surface area contributed by atoms with Crippen molar-refractivity contribution < 1.29 is 5.11 Å². The van der Waals surface area contributed by atoms with Crippen LogP contribution in [0.1, 0.15) is 44.6 Å². The zero-order valence-corrected chi connectivity index (χ0v) is 19.6. The van der Waals surface area contributed by atoms with Gasteiger partial charge in [0.2, 0.25) is 0 Å². The van der Waals surface area contributed by atoms with E-state index in [1.165, 1.54) is 0 Å². The summed E-state index contributed by atoms with van der Waals surface area (Å²) >= 11 is 1.56. The first-order valence-corrected chi connectivity index (χ1v) is 12.2. The average molecular weight is 454 g/mol. The monoisotopic (exact) mass is 453 g/mol. The summed E-state index contributed by atoms with van der Waals surface area (Å²) < 4.78 is 0. The minimum atomic E-state index is -0.208. The Hall–Kier alpha value is -2.36. The number of benzene rings is 1. The number of hydrazine groups is 1. The molecular weight excluding hydrogens is 422 g/mol. The topological polar surface area (TPSA) is 97.7 Å². The molecule has 32 heavy (non-hydrogen) atoms. The summed E-state index contributed by atoms with van der Waals surface area (Å²) in [5.74, 6) is 2.58. The van der Waals surface area contributed by atoms with Crippen LogP contribution in [0.4, 0.5) is 17.3 Å². The fourth-order valence-electron chi connectivity index (χ4n) is 4.97. The van der Waals surface area contributed by atoms with E-state index in [2.05, 4.69) is 59.2 Å². The SMILES string of the molecule is CNc1ccc(Sc2nc(/N=C3\CC(C)NN3)c(C)c(N3C4CCC3CC(O)C4)n2)cc1. The number of nitrogens with one attached hydrogen (secondary N) is 3. The van der Waals surface area contributed by atoms with Crippen LogP contribution in [0.2, 0.25) is 0 Å². The lowest BCUT2D eigenvalue weighted by molar-refractivity contribution is 0.126. The molecule has 4 heterocycles. The third-order valence-corrected chi connectivity index (χ3v) is 7.46. The van der Waals surface area contributed by atoms with Crippen LogP contribution in [0.15, 0.2) is 39.3 Å². The normalized spacial score (nSPS) is 28.2. The third kappa shape index (κ3) is 4.29. The van der Waals surface area contributed by atoms with Gasteiger partial charge in [-0.1, -0.05) is 0 Å². The van der Waals surface area contributed by atoms with Crippen LogP contribution in [-0.4, -0.2) is 52.2 Å². The van der Waals surface area contributed by atoms with Crippen LogP contribution in [-0.2, 0) is 0 Å². The van der Waals surface area contributed by atoms with Crippen molar-refractivity contribution in [1.29, 1.82) is 0 Å². The molecule has 3 unspecified atom stereocenters. The summed E-state index contributed by atoms with van der Waals surface area (Å²) in [6.45, 7) is 4.20. The highest BCUT2D eigenvalue weighted by Crippen LogP contribution is 2.42. The van der Waals surface area contributed by atoms with E-state index >= 15 is 0 Å². The minimum absolute atomic E-state index is 0.208. The van der Waals surface area contributed by atoms with Gasteiger partial charge in [0.15, 0.2) is 11.0 Å². The molecule has 3 atom stereocenters. The number of aliphatic imine (C=N–C) groups is 1. The first kappa shape index (κ1) is 21.5. The van der Waals surface area contributed by atoms with Crippen molar-refractivity contribution in [2.24, 2.45) is 4.99 Å². The molecule has 0 aliphatic carbocycles. The molecule has 9 heteroatoms. The number of hydrogen-bond acceptors (Lipinski definition) is 8. The third-order valence-electron chi connectivity index (χ3n) is 6.58. The summed E-state index contributed by atoms with van der Waals surface area (Å²) in [4.78, 5) is 18.3. The fourth-order valence-corrected chi connectivity index (χ4v) is 5.72. The molecule has 0 saturated carbocycles. The van der Waals surface area contributed by atoms with E-state index in [-0.39, 0.29) is 6.10 Å². The Bertz CT molecular complexity index is 998. The number of piperidine rings is 1. The molecule has 5 rings (SSSR count). The Labute approximate surface area is 193 Å². The Morgan fingerprint density at radius 3 is 2.50 bits per heavy atom. The number of fused-ring (bicyclic) bond motifs is 2. The lowest BCUT2D eigenvalue weighted by atomic mass is 9.99. The summed E-state index contributed by atoms with van der Waals surface area (Å²) in [6.07, 6.45) is 4.45. The van der Waals surface area contributed by atoms with Crippen LogP contribution in [0.5, 0.6) is 0 Å². The Kier molecular flexibility index (Phi) is 5.96. The standard InChI is InChI=1S/C23H31N7OS/c1-13-10-20(29-28-13)25-21-14(2)22(30-16-6-7-17(30)12-18(31)11-16)27-23(26-21)32-19-8-4-15(24-3)5-9-19/h4-5,8-9,13,16-18,24,28,31H,6-7,10-12H2,1-3H3,(H,25,26,27,29). The van der Waals surface area contributed by atoms with Crippen LogP contribution in [0.25, 0.3) is 0 Å². The van der Waals surface area contributed by atoms with Gasteiger partial charge < -0.3 is 20.7 Å². The van der Waals surface area contributed by atoms with E-state index in [4.69, 9.17) is 15.0 Å². The van der Waals surface area contributed by atoms with Crippen molar-refractivity contribution in [2.75, 3.05) is 17.3 Å². The molecule has 8 nitrogen and oxygen atoms in total. The number of aliphatic hydroxyl groups is 1. The number of aliphatic hydroxyl groups excluding tert-OH is 1. The quantitative estimate of drug-likeness (QED) is 0.512. The second-order valence-corrected chi connectivity index (χ2v) is 10.0. The van der Waals surface area contributed by atoms with Gasteiger partial charge in [-0.3, -0.25) is 0 Å². The van der Waals surface area contributed by atoms with Crippen molar-refractivity contribution in [1.82, 2.24) is 20.8 Å². The molecule has 0 amide bonds. The Morgan fingerprint density at radius 2 is 1.88 bits per heavy atom. The molecule has 3 saturated heterocycles. The highest BCUT2D eigenvalue weighted by Gasteiger charge is 2.42. The summed E-state index contributed by atoms with van der Waals surface area (Å²) in [7, 11) is 1.92. The zero-order chi connectivity index (χ0) is 22.2. The second-order valence-electron chi connectivity index (χ2n) is 9.01. The molecule has 0 radical (unpaired) electrons. The second kappa shape index (κ2) is 8.88. The maximum atomic E-state index is 10.3. The van der Waals surface area contributed by atoms with Gasteiger partial charge in [-0.25, -0.2) is 20.4 Å². The summed E-state index contributed by atoms with van der Waals surface area (Å²) in [6, 6.07) is 9.27. The van der Waals surface area contributed by atoms with E-state index in [0.29, 0.717) is 29.1 Å². The summed E-state index contributed by atoms with van der Waals surface area (Å²) in [5.41, 5.74) is 8.46. The van der Waals surface area contributed by atoms with Crippen LogP contribution in [0, 0.1) is 6.92 Å². The number of anilines is 2. The minimum Gasteiger partial charge on any atom is -0.393 e. The van der Waals surface area contributed by atoms with E-state index in [0.717, 1.165) is 59.9 Å². The van der Waals surface area contributed by atoms with Gasteiger partial charge in [-0.2, -0.15) is 0 Å². The largest absolute Gasteiger partial charge is 0.393 e. The number of hydrogen-bond donors (Lipinski definition) is 4. The van der Waals surface area contributed by atoms with Crippen molar-refractivity contribution in [2.45, 2.75) is 80.2 Å². The molecule has 3 aliphatic rings. The molecule has 2 aromatic rings. The van der Waals surface area contributed by atoms with Crippen LogP contribution < -0.4 is 21.1 Å². The number of aromatic nitrogens is 2. The number of rotatable bonds is 5. The van der Waals surface area contributed by atoms with Gasteiger partial charge in [-0.05, 0) is 75.6 Å². The van der Waals surface area contributed by atoms with Crippen molar-refractivity contribution >= 4 is 34.9 Å². The van der Waals surface area contributed by atoms with E-state index < -0.39 is 0 Å². The lowest BCUT2D eigenvalue weighted by Crippen LogP contribution is -2.45. The molecular formula is C23H31N7OS. The highest BCUT2D eigenvalue weighted by atomic mass is 32.2. The number of amidine groups is 1. The van der Waals surface area contributed by atoms with Gasteiger partial charge >= 0.3 is 0 Å². The van der Waals surface area contributed by atoms with Gasteiger partial charge in [0.1, 0.15) is 11.7 Å². The summed E-state index contributed by atoms with van der Waals surface area (Å²) in [5, 5.41) is 14.1. The van der Waals surface area contributed by atoms with Crippen molar-refractivity contribution in [3.63, 3.8) is 0 Å². The van der Waals surface area contributed by atoms with E-state index in [1.54, 1.807) is 11.8 Å². The molecule has 1 aromatic heterocycles. The molecule has 3 aliphatic heterocycles. The van der Waals surface area contributed by atoms with Crippen molar-refractivity contribution in [3.05, 3.63) is 29.8 Å². The molecule has 0 spiro atoms. The predicted molar refractivity (Wildman–Crippen MR) is 129 cm³/mol. The highest BCUT2D eigenvalue weighted by molar-refractivity contribution is 7.99. The maximum Gasteiger partial charge on any atom is 0.196 e. The van der Waals surface area contributed by atoms with E-state index in [1.807, 2.05) is 7.05 Å². The molecule has 4 N–H and O–H groups in total. The molecule has 3 fully saturated rings. The molecule has 1 aromatic carbocycles. The zero-order valence-electron chi connectivity index (χ0n) is 18.8. The smallest absolute Gasteiger partial charge is 0.196 e.